The summed E-state index contributed by atoms with van der Waals surface area (Å²) in [6, 6.07) is 0. The van der Waals surface area contributed by atoms with E-state index >= 15 is 0 Å². The fourth-order valence-corrected chi connectivity index (χ4v) is 0.617. The number of aliphatic carboxylic acids is 1. The predicted octanol–water partition coefficient (Wildman–Crippen LogP) is 0.390. The molecule has 0 saturated heterocycles. The first-order chi connectivity index (χ1) is 4.09. The van der Waals surface area contributed by atoms with Crippen molar-refractivity contribution in [2.75, 3.05) is 0 Å². The SMILES string of the molecule is CCC(C)C(Cl)C(=O)[O-]. The molecule has 2 unspecified atom stereocenters. The maximum atomic E-state index is 10.1. The Bertz CT molecular complexity index is 103. The van der Waals surface area contributed by atoms with Gasteiger partial charge < -0.3 is 9.90 Å². The molecule has 0 aromatic carbocycles. The number of alkyl halides is 1. The van der Waals surface area contributed by atoms with Crippen LogP contribution in [0.25, 0.3) is 0 Å². The Morgan fingerprint density at radius 2 is 2.22 bits per heavy atom. The summed E-state index contributed by atoms with van der Waals surface area (Å²) in [7, 11) is 0. The fraction of sp³-hybridized carbons (Fsp3) is 0.833. The molecule has 0 amide bonds. The second kappa shape index (κ2) is 3.72. The quantitative estimate of drug-likeness (QED) is 0.545. The lowest BCUT2D eigenvalue weighted by Crippen LogP contribution is -2.35. The van der Waals surface area contributed by atoms with Crippen molar-refractivity contribution < 1.29 is 9.90 Å². The van der Waals surface area contributed by atoms with Crippen LogP contribution in [0.3, 0.4) is 0 Å². The zero-order valence-corrected chi connectivity index (χ0v) is 6.31. The van der Waals surface area contributed by atoms with Crippen molar-refractivity contribution in [3.63, 3.8) is 0 Å². The van der Waals surface area contributed by atoms with Crippen molar-refractivity contribution in [2.24, 2.45) is 5.92 Å². The highest BCUT2D eigenvalue weighted by molar-refractivity contribution is 6.29. The lowest BCUT2D eigenvalue weighted by atomic mass is 10.1. The Hall–Kier alpha value is -0.240. The standard InChI is InChI=1S/C6H11ClO2/c1-3-4(2)5(7)6(8)9/h4-5H,3H2,1-2H3,(H,8,9)/p-1. The molecule has 0 heterocycles. The van der Waals surface area contributed by atoms with Crippen LogP contribution in [0.5, 0.6) is 0 Å². The molecule has 0 bridgehead atoms. The topological polar surface area (TPSA) is 40.1 Å². The summed E-state index contributed by atoms with van der Waals surface area (Å²) >= 11 is 5.40. The van der Waals surface area contributed by atoms with Gasteiger partial charge in [-0.05, 0) is 5.92 Å². The first-order valence-corrected chi connectivity index (χ1v) is 3.38. The van der Waals surface area contributed by atoms with Gasteiger partial charge in [0.05, 0.1) is 11.3 Å². The van der Waals surface area contributed by atoms with Crippen molar-refractivity contribution in [1.82, 2.24) is 0 Å². The van der Waals surface area contributed by atoms with Crippen LogP contribution < -0.4 is 5.11 Å². The van der Waals surface area contributed by atoms with Gasteiger partial charge in [-0.3, -0.25) is 0 Å². The van der Waals surface area contributed by atoms with Crippen LogP contribution in [-0.2, 0) is 4.79 Å². The molecule has 3 heteroatoms. The largest absolute Gasteiger partial charge is 0.549 e. The second-order valence-electron chi connectivity index (χ2n) is 2.11. The van der Waals surface area contributed by atoms with E-state index in [0.717, 1.165) is 6.42 Å². The van der Waals surface area contributed by atoms with Gasteiger partial charge in [-0.15, -0.1) is 11.6 Å². The van der Waals surface area contributed by atoms with Gasteiger partial charge in [0.1, 0.15) is 0 Å². The van der Waals surface area contributed by atoms with Crippen molar-refractivity contribution in [3.05, 3.63) is 0 Å². The lowest BCUT2D eigenvalue weighted by molar-refractivity contribution is -0.306. The Labute approximate surface area is 59.8 Å². The summed E-state index contributed by atoms with van der Waals surface area (Å²) in [5.41, 5.74) is 0. The molecular formula is C6H10ClO2-. The molecule has 0 aromatic rings. The van der Waals surface area contributed by atoms with E-state index in [4.69, 9.17) is 11.6 Å². The molecule has 2 atom stereocenters. The van der Waals surface area contributed by atoms with Gasteiger partial charge in [0, 0.05) is 0 Å². The highest BCUT2D eigenvalue weighted by Gasteiger charge is 2.12. The minimum atomic E-state index is -1.17. The summed E-state index contributed by atoms with van der Waals surface area (Å²) in [5, 5.41) is 9.22. The third kappa shape index (κ3) is 2.70. The van der Waals surface area contributed by atoms with Crippen LogP contribution in [0.2, 0.25) is 0 Å². The van der Waals surface area contributed by atoms with Crippen molar-refractivity contribution >= 4 is 17.6 Å². The van der Waals surface area contributed by atoms with Crippen LogP contribution in [0.4, 0.5) is 0 Å². The molecule has 0 radical (unpaired) electrons. The van der Waals surface area contributed by atoms with Crippen LogP contribution >= 0.6 is 11.6 Å². The second-order valence-corrected chi connectivity index (χ2v) is 2.58. The van der Waals surface area contributed by atoms with E-state index in [9.17, 15) is 9.90 Å². The molecule has 0 rings (SSSR count). The van der Waals surface area contributed by atoms with E-state index in [-0.39, 0.29) is 5.92 Å². The third-order valence-corrected chi connectivity index (χ3v) is 1.98. The molecule has 0 aromatic heterocycles. The molecule has 0 aliphatic heterocycles. The molecule has 9 heavy (non-hydrogen) atoms. The average Bonchev–Trinajstić information content (AvgIpc) is 1.84. The van der Waals surface area contributed by atoms with Gasteiger partial charge in [-0.1, -0.05) is 20.3 Å². The number of hydrogen-bond acceptors (Lipinski definition) is 2. The van der Waals surface area contributed by atoms with E-state index < -0.39 is 11.3 Å². The molecule has 0 fully saturated rings. The number of carbonyl (C=O) groups is 1. The third-order valence-electron chi connectivity index (χ3n) is 1.37. The zero-order chi connectivity index (χ0) is 7.44. The molecule has 54 valence electrons. The number of carbonyl (C=O) groups excluding carboxylic acids is 1. The van der Waals surface area contributed by atoms with Crippen LogP contribution in [0.1, 0.15) is 20.3 Å². The molecule has 2 nitrogen and oxygen atoms in total. The monoisotopic (exact) mass is 149 g/mol. The zero-order valence-electron chi connectivity index (χ0n) is 5.56. The maximum Gasteiger partial charge on any atom is 0.0756 e. The molecule has 0 spiro atoms. The fourth-order valence-electron chi connectivity index (χ4n) is 0.439. The van der Waals surface area contributed by atoms with Crippen LogP contribution in [0.15, 0.2) is 0 Å². The number of halogens is 1. The van der Waals surface area contributed by atoms with Gasteiger partial charge in [0.2, 0.25) is 0 Å². The van der Waals surface area contributed by atoms with Gasteiger partial charge in [-0.25, -0.2) is 0 Å². The van der Waals surface area contributed by atoms with E-state index in [1.807, 2.05) is 6.92 Å². The average molecular weight is 150 g/mol. The van der Waals surface area contributed by atoms with Gasteiger partial charge >= 0.3 is 0 Å². The van der Waals surface area contributed by atoms with Gasteiger partial charge in [0.15, 0.2) is 0 Å². The first-order valence-electron chi connectivity index (χ1n) is 2.94. The summed E-state index contributed by atoms with van der Waals surface area (Å²) in [4.78, 5) is 10.1. The van der Waals surface area contributed by atoms with Crippen molar-refractivity contribution in [3.8, 4) is 0 Å². The number of carboxylic acid groups (broad SMARTS) is 1. The van der Waals surface area contributed by atoms with E-state index in [0.29, 0.717) is 0 Å². The first kappa shape index (κ1) is 8.76. The minimum absolute atomic E-state index is 0.00309. The Balaban J connectivity index is 3.72. The highest BCUT2D eigenvalue weighted by Crippen LogP contribution is 2.12. The number of rotatable bonds is 3. The summed E-state index contributed by atoms with van der Waals surface area (Å²) in [6.45, 7) is 3.68. The molecule has 0 N–H and O–H groups in total. The van der Waals surface area contributed by atoms with Crippen LogP contribution in [0, 0.1) is 5.92 Å². The Kier molecular flexibility index (Phi) is 3.62. The Morgan fingerprint density at radius 1 is 1.78 bits per heavy atom. The summed E-state index contributed by atoms with van der Waals surface area (Å²) in [5.74, 6) is -1.18. The lowest BCUT2D eigenvalue weighted by Gasteiger charge is -2.15. The molecule has 0 saturated carbocycles. The van der Waals surface area contributed by atoms with Crippen LogP contribution in [-0.4, -0.2) is 11.3 Å². The Morgan fingerprint density at radius 3 is 2.33 bits per heavy atom. The smallest absolute Gasteiger partial charge is 0.0756 e. The molecule has 0 aliphatic carbocycles. The predicted molar refractivity (Wildman–Crippen MR) is 34.1 cm³/mol. The van der Waals surface area contributed by atoms with Crippen molar-refractivity contribution in [1.29, 1.82) is 0 Å². The summed E-state index contributed by atoms with van der Waals surface area (Å²) in [6.07, 6.45) is 0.766. The van der Waals surface area contributed by atoms with Gasteiger partial charge in [-0.2, -0.15) is 0 Å². The van der Waals surface area contributed by atoms with E-state index in [2.05, 4.69) is 0 Å². The maximum absolute atomic E-state index is 10.1. The molecular weight excluding hydrogens is 140 g/mol. The molecule has 0 aliphatic rings. The van der Waals surface area contributed by atoms with Gasteiger partial charge in [0.25, 0.3) is 0 Å². The number of hydrogen-bond donors (Lipinski definition) is 0. The normalized spacial score (nSPS) is 16.8. The summed E-state index contributed by atoms with van der Waals surface area (Å²) < 4.78 is 0. The minimum Gasteiger partial charge on any atom is -0.549 e. The van der Waals surface area contributed by atoms with E-state index in [1.165, 1.54) is 0 Å². The van der Waals surface area contributed by atoms with E-state index in [1.54, 1.807) is 6.92 Å². The van der Waals surface area contributed by atoms with Crippen molar-refractivity contribution in [2.45, 2.75) is 25.6 Å². The number of carboxylic acids is 1. The highest BCUT2D eigenvalue weighted by atomic mass is 35.5.